The lowest BCUT2D eigenvalue weighted by molar-refractivity contribution is -0.134. The van der Waals surface area contributed by atoms with Gasteiger partial charge in [0.15, 0.2) is 0 Å². The van der Waals surface area contributed by atoms with Gasteiger partial charge in [0.05, 0.1) is 6.10 Å². The Morgan fingerprint density at radius 2 is 2.28 bits per heavy atom. The molecule has 1 aliphatic rings. The lowest BCUT2D eigenvalue weighted by atomic mass is 10.1. The van der Waals surface area contributed by atoms with E-state index in [1.807, 2.05) is 0 Å². The third-order valence-electron chi connectivity index (χ3n) is 2.95. The maximum atomic E-state index is 11.9. The molecule has 1 aromatic heterocycles. The second-order valence-corrected chi connectivity index (χ2v) is 4.37. The van der Waals surface area contributed by atoms with Gasteiger partial charge in [0.2, 0.25) is 5.91 Å². The number of hydrogen-bond acceptors (Lipinski definition) is 4. The first-order valence-electron chi connectivity index (χ1n) is 5.82. The first-order chi connectivity index (χ1) is 8.56. The number of rotatable bonds is 2. The number of nitrogens with one attached hydrogen (secondary N) is 1. The topological polar surface area (TPSA) is 95.4 Å². The fourth-order valence-corrected chi connectivity index (χ4v) is 2.00. The number of H-pyrrole nitrogens is 1. The van der Waals surface area contributed by atoms with Crippen molar-refractivity contribution in [2.45, 2.75) is 25.5 Å². The molecular weight excluding hydrogens is 238 g/mol. The van der Waals surface area contributed by atoms with Crippen LogP contribution in [0.25, 0.3) is 0 Å². The molecule has 2 heterocycles. The predicted molar refractivity (Wildman–Crippen MR) is 63.1 cm³/mol. The van der Waals surface area contributed by atoms with Crippen molar-refractivity contribution in [3.8, 4) is 0 Å². The van der Waals surface area contributed by atoms with Gasteiger partial charge in [-0.3, -0.25) is 19.1 Å². The largest absolute Gasteiger partial charge is 0.391 e. The Labute approximate surface area is 103 Å². The SMILES string of the molecule is O=C(Cn1ccc(=O)[nH]c1=O)N1CCCC(O)C1. The highest BCUT2D eigenvalue weighted by Crippen LogP contribution is 2.09. The molecule has 2 rings (SSSR count). The molecule has 98 valence electrons. The van der Waals surface area contributed by atoms with Gasteiger partial charge in [0.1, 0.15) is 6.54 Å². The summed E-state index contributed by atoms with van der Waals surface area (Å²) in [5.41, 5.74) is -1.09. The Hall–Kier alpha value is -1.89. The first kappa shape index (κ1) is 12.6. The van der Waals surface area contributed by atoms with Gasteiger partial charge < -0.3 is 10.0 Å². The van der Waals surface area contributed by atoms with E-state index in [1.54, 1.807) is 0 Å². The smallest absolute Gasteiger partial charge is 0.328 e. The second kappa shape index (κ2) is 5.18. The third kappa shape index (κ3) is 2.86. The molecule has 7 heteroatoms. The number of aromatic amines is 1. The monoisotopic (exact) mass is 253 g/mol. The fourth-order valence-electron chi connectivity index (χ4n) is 2.00. The van der Waals surface area contributed by atoms with Crippen molar-refractivity contribution in [3.63, 3.8) is 0 Å². The maximum absolute atomic E-state index is 11.9. The van der Waals surface area contributed by atoms with Gasteiger partial charge in [-0.2, -0.15) is 0 Å². The van der Waals surface area contributed by atoms with Crippen LogP contribution in [0.15, 0.2) is 21.9 Å². The summed E-state index contributed by atoms with van der Waals surface area (Å²) in [6.45, 7) is 0.771. The van der Waals surface area contributed by atoms with Gasteiger partial charge in [-0.15, -0.1) is 0 Å². The highest BCUT2D eigenvalue weighted by Gasteiger charge is 2.22. The average Bonchev–Trinajstić information content (AvgIpc) is 2.32. The minimum absolute atomic E-state index is 0.123. The first-order valence-corrected chi connectivity index (χ1v) is 5.82. The number of nitrogens with zero attached hydrogens (tertiary/aromatic N) is 2. The summed E-state index contributed by atoms with van der Waals surface area (Å²) in [6.07, 6.45) is 2.25. The molecule has 1 fully saturated rings. The number of likely N-dealkylation sites (tertiary alicyclic amines) is 1. The van der Waals surface area contributed by atoms with Crippen LogP contribution in [0.2, 0.25) is 0 Å². The molecule has 0 saturated carbocycles. The van der Waals surface area contributed by atoms with E-state index in [1.165, 1.54) is 17.2 Å². The molecule has 0 radical (unpaired) electrons. The number of hydrogen-bond donors (Lipinski definition) is 2. The van der Waals surface area contributed by atoms with E-state index in [4.69, 9.17) is 0 Å². The van der Waals surface area contributed by atoms with E-state index in [9.17, 15) is 19.5 Å². The molecule has 0 spiro atoms. The molecule has 18 heavy (non-hydrogen) atoms. The molecule has 1 aliphatic heterocycles. The highest BCUT2D eigenvalue weighted by atomic mass is 16.3. The minimum atomic E-state index is -0.603. The van der Waals surface area contributed by atoms with Crippen molar-refractivity contribution in [1.82, 2.24) is 14.5 Å². The zero-order chi connectivity index (χ0) is 13.1. The number of amides is 1. The maximum Gasteiger partial charge on any atom is 0.328 e. The molecule has 0 aromatic carbocycles. The molecule has 1 amide bonds. The van der Waals surface area contributed by atoms with E-state index in [2.05, 4.69) is 4.98 Å². The third-order valence-corrected chi connectivity index (χ3v) is 2.95. The van der Waals surface area contributed by atoms with Crippen molar-refractivity contribution >= 4 is 5.91 Å². The molecule has 0 aliphatic carbocycles. The Bertz CT molecular complexity index is 548. The van der Waals surface area contributed by atoms with Crippen LogP contribution in [0.1, 0.15) is 12.8 Å². The standard InChI is InChI=1S/C11H15N3O4/c15-8-2-1-4-13(6-8)10(17)7-14-5-3-9(16)12-11(14)18/h3,5,8,15H,1-2,4,6-7H2,(H,12,16,18). The lowest BCUT2D eigenvalue weighted by Gasteiger charge is -2.30. The van der Waals surface area contributed by atoms with E-state index < -0.39 is 17.4 Å². The summed E-state index contributed by atoms with van der Waals surface area (Å²) in [5.74, 6) is -0.233. The normalized spacial score (nSPS) is 19.8. The van der Waals surface area contributed by atoms with E-state index in [0.29, 0.717) is 19.5 Å². The minimum Gasteiger partial charge on any atom is -0.391 e. The number of β-amino-alcohol motifs (C(OH)–C–C–N with tert-alkyl or cyclic N) is 1. The number of aliphatic hydroxyl groups excluding tert-OH is 1. The van der Waals surface area contributed by atoms with Gasteiger partial charge in [-0.05, 0) is 12.8 Å². The predicted octanol–water partition coefficient (Wildman–Crippen LogP) is -1.48. The molecular formula is C11H15N3O4. The Balaban J connectivity index is 2.06. The fraction of sp³-hybridized carbons (Fsp3) is 0.545. The summed E-state index contributed by atoms with van der Waals surface area (Å²) in [4.78, 5) is 37.8. The van der Waals surface area contributed by atoms with Crippen LogP contribution in [-0.4, -0.2) is 44.7 Å². The Morgan fingerprint density at radius 3 is 2.94 bits per heavy atom. The van der Waals surface area contributed by atoms with Gasteiger partial charge >= 0.3 is 5.69 Å². The van der Waals surface area contributed by atoms with Crippen LogP contribution in [0.5, 0.6) is 0 Å². The van der Waals surface area contributed by atoms with Crippen LogP contribution < -0.4 is 11.2 Å². The van der Waals surface area contributed by atoms with Crippen molar-refractivity contribution in [1.29, 1.82) is 0 Å². The number of carbonyl (C=O) groups excluding carboxylic acids is 1. The van der Waals surface area contributed by atoms with Crippen LogP contribution in [0.4, 0.5) is 0 Å². The molecule has 1 aromatic rings. The number of carbonyl (C=O) groups is 1. The molecule has 0 bridgehead atoms. The number of piperidine rings is 1. The quantitative estimate of drug-likeness (QED) is 0.672. The number of aromatic nitrogens is 2. The Kier molecular flexibility index (Phi) is 3.61. The molecule has 1 atom stereocenters. The molecule has 1 saturated heterocycles. The number of aliphatic hydroxyl groups is 1. The summed E-state index contributed by atoms with van der Waals surface area (Å²) in [6, 6.07) is 1.19. The van der Waals surface area contributed by atoms with Gasteiger partial charge in [-0.1, -0.05) is 0 Å². The zero-order valence-electron chi connectivity index (χ0n) is 9.83. The van der Waals surface area contributed by atoms with Crippen molar-refractivity contribution in [2.75, 3.05) is 13.1 Å². The summed E-state index contributed by atoms with van der Waals surface area (Å²) < 4.78 is 1.14. The molecule has 2 N–H and O–H groups in total. The Morgan fingerprint density at radius 1 is 1.50 bits per heavy atom. The van der Waals surface area contributed by atoms with E-state index in [-0.39, 0.29) is 12.5 Å². The van der Waals surface area contributed by atoms with Crippen molar-refractivity contribution in [3.05, 3.63) is 33.1 Å². The van der Waals surface area contributed by atoms with E-state index >= 15 is 0 Å². The van der Waals surface area contributed by atoms with Crippen molar-refractivity contribution in [2.24, 2.45) is 0 Å². The van der Waals surface area contributed by atoms with E-state index in [0.717, 1.165) is 11.0 Å². The molecule has 1 unspecified atom stereocenters. The van der Waals surface area contributed by atoms with Crippen LogP contribution in [-0.2, 0) is 11.3 Å². The highest BCUT2D eigenvalue weighted by molar-refractivity contribution is 5.76. The average molecular weight is 253 g/mol. The second-order valence-electron chi connectivity index (χ2n) is 4.37. The summed E-state index contributed by atoms with van der Waals surface area (Å²) in [5, 5.41) is 9.48. The van der Waals surface area contributed by atoms with Crippen molar-refractivity contribution < 1.29 is 9.90 Å². The zero-order valence-corrected chi connectivity index (χ0v) is 9.83. The van der Waals surface area contributed by atoms with Gasteiger partial charge in [-0.25, -0.2) is 4.79 Å². The molecule has 7 nitrogen and oxygen atoms in total. The summed E-state index contributed by atoms with van der Waals surface area (Å²) in [7, 11) is 0. The van der Waals surface area contributed by atoms with Gasteiger partial charge in [0.25, 0.3) is 5.56 Å². The van der Waals surface area contributed by atoms with Crippen LogP contribution in [0, 0.1) is 0 Å². The van der Waals surface area contributed by atoms with Gasteiger partial charge in [0, 0.05) is 25.4 Å². The summed E-state index contributed by atoms with van der Waals surface area (Å²) >= 11 is 0. The van der Waals surface area contributed by atoms with Crippen LogP contribution >= 0.6 is 0 Å². The lowest BCUT2D eigenvalue weighted by Crippen LogP contribution is -2.45. The van der Waals surface area contributed by atoms with Crippen LogP contribution in [0.3, 0.4) is 0 Å².